The zero-order valence-corrected chi connectivity index (χ0v) is 12.1. The van der Waals surface area contributed by atoms with Crippen LogP contribution >= 0.6 is 0 Å². The molecule has 0 spiro atoms. The Kier molecular flexibility index (Phi) is 4.98. The van der Waals surface area contributed by atoms with Crippen molar-refractivity contribution in [3.63, 3.8) is 0 Å². The summed E-state index contributed by atoms with van der Waals surface area (Å²) in [6.45, 7) is 0.310. The largest absolute Gasteiger partial charge is 0.497 e. The Bertz CT molecular complexity index is 651. The second kappa shape index (κ2) is 7.12. The van der Waals surface area contributed by atoms with Crippen molar-refractivity contribution in [3.05, 3.63) is 59.7 Å². The number of imide groups is 1. The van der Waals surface area contributed by atoms with Gasteiger partial charge in [-0.05, 0) is 42.0 Å². The number of rotatable bonds is 4. The molecule has 4 N–H and O–H groups in total. The van der Waals surface area contributed by atoms with Gasteiger partial charge in [0.25, 0.3) is 5.91 Å². The van der Waals surface area contributed by atoms with Gasteiger partial charge < -0.3 is 15.8 Å². The smallest absolute Gasteiger partial charge is 0.321 e. The van der Waals surface area contributed by atoms with Gasteiger partial charge in [0.05, 0.1) is 7.11 Å². The van der Waals surface area contributed by atoms with Gasteiger partial charge in [-0.2, -0.15) is 0 Å². The molecule has 6 heteroatoms. The lowest BCUT2D eigenvalue weighted by Gasteiger charge is -2.07. The van der Waals surface area contributed by atoms with Gasteiger partial charge in [0, 0.05) is 17.8 Å². The second-order valence-corrected chi connectivity index (χ2v) is 4.61. The highest BCUT2D eigenvalue weighted by Crippen LogP contribution is 2.10. The minimum Gasteiger partial charge on any atom is -0.497 e. The van der Waals surface area contributed by atoms with Crippen molar-refractivity contribution in [3.8, 4) is 5.75 Å². The summed E-state index contributed by atoms with van der Waals surface area (Å²) < 4.78 is 5.05. The molecule has 2 rings (SSSR count). The van der Waals surface area contributed by atoms with Crippen LogP contribution in [0.2, 0.25) is 0 Å². The van der Waals surface area contributed by atoms with Gasteiger partial charge in [-0.15, -0.1) is 0 Å². The molecule has 0 fully saturated rings. The van der Waals surface area contributed by atoms with Gasteiger partial charge >= 0.3 is 6.03 Å². The lowest BCUT2D eigenvalue weighted by atomic mass is 10.2. The van der Waals surface area contributed by atoms with E-state index < -0.39 is 11.9 Å². The van der Waals surface area contributed by atoms with Crippen molar-refractivity contribution in [1.82, 2.24) is 10.6 Å². The van der Waals surface area contributed by atoms with Crippen molar-refractivity contribution in [2.24, 2.45) is 0 Å². The van der Waals surface area contributed by atoms with Crippen LogP contribution in [0.1, 0.15) is 15.9 Å². The molecule has 0 aromatic heterocycles. The Labute approximate surface area is 128 Å². The maximum atomic E-state index is 11.8. The summed E-state index contributed by atoms with van der Waals surface area (Å²) in [6, 6.07) is 13.0. The maximum absolute atomic E-state index is 11.8. The van der Waals surface area contributed by atoms with Crippen molar-refractivity contribution in [1.29, 1.82) is 0 Å². The van der Waals surface area contributed by atoms with E-state index in [9.17, 15) is 9.59 Å². The van der Waals surface area contributed by atoms with E-state index in [4.69, 9.17) is 10.5 Å². The van der Waals surface area contributed by atoms with E-state index in [-0.39, 0.29) is 0 Å². The fraction of sp³-hybridized carbons (Fsp3) is 0.125. The van der Waals surface area contributed by atoms with Gasteiger partial charge in [0.1, 0.15) is 5.75 Å². The van der Waals surface area contributed by atoms with Gasteiger partial charge in [0.15, 0.2) is 0 Å². The van der Waals surface area contributed by atoms with Gasteiger partial charge in [-0.3, -0.25) is 10.1 Å². The van der Waals surface area contributed by atoms with Crippen LogP contribution in [0, 0.1) is 0 Å². The van der Waals surface area contributed by atoms with E-state index in [0.29, 0.717) is 17.8 Å². The number of nitrogens with two attached hydrogens (primary N) is 1. The van der Waals surface area contributed by atoms with E-state index in [1.54, 1.807) is 43.5 Å². The van der Waals surface area contributed by atoms with E-state index in [0.717, 1.165) is 11.3 Å². The average Bonchev–Trinajstić information content (AvgIpc) is 2.54. The van der Waals surface area contributed by atoms with Crippen molar-refractivity contribution in [2.75, 3.05) is 12.8 Å². The number of hydrogen-bond acceptors (Lipinski definition) is 4. The molecule has 0 heterocycles. The summed E-state index contributed by atoms with van der Waals surface area (Å²) in [6.07, 6.45) is 0. The van der Waals surface area contributed by atoms with Crippen LogP contribution in [0.25, 0.3) is 0 Å². The minimum atomic E-state index is -0.558. The lowest BCUT2D eigenvalue weighted by molar-refractivity contribution is 0.0964. The number of amides is 3. The normalized spacial score (nSPS) is 9.86. The summed E-state index contributed by atoms with van der Waals surface area (Å²) in [7, 11) is 1.59. The van der Waals surface area contributed by atoms with E-state index in [1.807, 2.05) is 12.1 Å². The first-order valence-electron chi connectivity index (χ1n) is 6.66. The highest BCUT2D eigenvalue weighted by atomic mass is 16.5. The monoisotopic (exact) mass is 299 g/mol. The highest BCUT2D eigenvalue weighted by molar-refractivity contribution is 6.04. The summed E-state index contributed by atoms with van der Waals surface area (Å²) in [5, 5.41) is 4.87. The predicted octanol–water partition coefficient (Wildman–Crippen LogP) is 1.92. The molecule has 114 valence electrons. The lowest BCUT2D eigenvalue weighted by Crippen LogP contribution is -2.39. The topological polar surface area (TPSA) is 93.5 Å². The second-order valence-electron chi connectivity index (χ2n) is 4.61. The number of urea groups is 1. The molecule has 0 bridgehead atoms. The molecular weight excluding hydrogens is 282 g/mol. The van der Waals surface area contributed by atoms with Crippen LogP contribution in [-0.2, 0) is 6.54 Å². The van der Waals surface area contributed by atoms with Crippen molar-refractivity contribution < 1.29 is 14.3 Å². The third kappa shape index (κ3) is 4.24. The molecule has 2 aromatic carbocycles. The van der Waals surface area contributed by atoms with Gasteiger partial charge in [0.2, 0.25) is 0 Å². The van der Waals surface area contributed by atoms with Crippen molar-refractivity contribution >= 4 is 17.6 Å². The Morgan fingerprint density at radius 3 is 2.27 bits per heavy atom. The number of anilines is 1. The van der Waals surface area contributed by atoms with Crippen LogP contribution in [0.5, 0.6) is 5.75 Å². The molecule has 0 saturated heterocycles. The standard InChI is InChI=1S/C16H17N3O3/c1-22-14-8-2-11(3-9-14)10-18-16(21)19-15(20)12-4-6-13(17)7-5-12/h2-9H,10,17H2,1H3,(H2,18,19,20,21). The Morgan fingerprint density at radius 1 is 1.05 bits per heavy atom. The van der Waals surface area contributed by atoms with E-state index in [2.05, 4.69) is 10.6 Å². The Hall–Kier alpha value is -3.02. The summed E-state index contributed by atoms with van der Waals surface area (Å²) in [5.41, 5.74) is 7.37. The van der Waals surface area contributed by atoms with E-state index in [1.165, 1.54) is 0 Å². The van der Waals surface area contributed by atoms with Crippen LogP contribution < -0.4 is 21.1 Å². The molecule has 0 aliphatic carbocycles. The molecule has 0 aliphatic rings. The minimum absolute atomic E-state index is 0.310. The predicted molar refractivity (Wildman–Crippen MR) is 83.6 cm³/mol. The number of benzene rings is 2. The quantitative estimate of drug-likeness (QED) is 0.752. The molecule has 0 atom stereocenters. The number of hydrogen-bond donors (Lipinski definition) is 3. The third-order valence-corrected chi connectivity index (χ3v) is 3.01. The summed E-state index contributed by atoms with van der Waals surface area (Å²) in [4.78, 5) is 23.5. The molecule has 0 unspecified atom stereocenters. The summed E-state index contributed by atoms with van der Waals surface area (Å²) in [5.74, 6) is 0.263. The molecule has 3 amide bonds. The highest BCUT2D eigenvalue weighted by Gasteiger charge is 2.09. The van der Waals surface area contributed by atoms with Crippen molar-refractivity contribution in [2.45, 2.75) is 6.54 Å². The van der Waals surface area contributed by atoms with Crippen LogP contribution in [0.4, 0.5) is 10.5 Å². The van der Waals surface area contributed by atoms with Crippen LogP contribution in [-0.4, -0.2) is 19.0 Å². The number of carbonyl (C=O) groups is 2. The first-order valence-corrected chi connectivity index (χ1v) is 6.66. The zero-order valence-electron chi connectivity index (χ0n) is 12.1. The molecule has 0 saturated carbocycles. The van der Waals surface area contributed by atoms with Gasteiger partial charge in [-0.25, -0.2) is 4.79 Å². The zero-order chi connectivity index (χ0) is 15.9. The molecule has 2 aromatic rings. The number of methoxy groups -OCH3 is 1. The summed E-state index contributed by atoms with van der Waals surface area (Å²) >= 11 is 0. The number of carbonyl (C=O) groups excluding carboxylic acids is 2. The van der Waals surface area contributed by atoms with E-state index >= 15 is 0 Å². The average molecular weight is 299 g/mol. The fourth-order valence-corrected chi connectivity index (χ4v) is 1.78. The first kappa shape index (κ1) is 15.4. The van der Waals surface area contributed by atoms with Crippen LogP contribution in [0.15, 0.2) is 48.5 Å². The molecule has 22 heavy (non-hydrogen) atoms. The molecule has 0 radical (unpaired) electrons. The molecule has 6 nitrogen and oxygen atoms in total. The first-order chi connectivity index (χ1) is 10.6. The number of nitrogens with one attached hydrogen (secondary N) is 2. The molecule has 0 aliphatic heterocycles. The SMILES string of the molecule is COc1ccc(CNC(=O)NC(=O)c2ccc(N)cc2)cc1. The Balaban J connectivity index is 1.84. The maximum Gasteiger partial charge on any atom is 0.321 e. The number of ether oxygens (including phenoxy) is 1. The molecular formula is C16H17N3O3. The van der Waals surface area contributed by atoms with Crippen LogP contribution in [0.3, 0.4) is 0 Å². The fourth-order valence-electron chi connectivity index (χ4n) is 1.78. The van der Waals surface area contributed by atoms with Gasteiger partial charge in [-0.1, -0.05) is 12.1 Å². The Morgan fingerprint density at radius 2 is 1.68 bits per heavy atom. The third-order valence-electron chi connectivity index (χ3n) is 3.01. The number of nitrogen functional groups attached to an aromatic ring is 1.